The van der Waals surface area contributed by atoms with E-state index >= 15 is 0 Å². The molecule has 2 aliphatic heterocycles. The summed E-state index contributed by atoms with van der Waals surface area (Å²) in [4.78, 5) is 78.3. The second-order valence-corrected chi connectivity index (χ2v) is 14.4. The third-order valence-electron chi connectivity index (χ3n) is 11.1. The topological polar surface area (TPSA) is 239 Å². The number of amides is 4. The van der Waals surface area contributed by atoms with Gasteiger partial charge in [0.15, 0.2) is 17.6 Å². The van der Waals surface area contributed by atoms with E-state index in [1.54, 1.807) is 7.11 Å². The lowest BCUT2D eigenvalue weighted by molar-refractivity contribution is -0.144. The number of nitrogens with two attached hydrogens (primary N) is 1. The molecular weight excluding hydrogens is 704 g/mol. The number of rotatable bonds is 17. The van der Waals surface area contributed by atoms with Gasteiger partial charge in [-0.25, -0.2) is 4.79 Å². The molecule has 3 unspecified atom stereocenters. The zero-order valence-electron chi connectivity index (χ0n) is 31.0. The van der Waals surface area contributed by atoms with Gasteiger partial charge < -0.3 is 55.9 Å². The number of ether oxygens (including phenoxy) is 3. The SMILES string of the molecule is CCN(C)[C@@H]1Cc2ccc(OC)c3c2C2[C@H]1CC=C(OC(=O)N1CCC(C(=O)O)CC1CNC(=O)[C@H](CCCCN)NC(=O)CNC(=O)CC(=O)O)[C@@H]2O3. The van der Waals surface area contributed by atoms with Crippen LogP contribution in [-0.4, -0.2) is 127 Å². The number of carbonyl (C=O) groups excluding carboxylic acids is 4. The van der Waals surface area contributed by atoms with Crippen LogP contribution >= 0.6 is 0 Å². The number of methoxy groups -OCH3 is 1. The predicted octanol–water partition coefficient (Wildman–Crippen LogP) is 0.943. The third-order valence-corrected chi connectivity index (χ3v) is 11.1. The number of carboxylic acids is 2. The summed E-state index contributed by atoms with van der Waals surface area (Å²) in [6.07, 6.45) is 2.94. The molecule has 2 heterocycles. The molecule has 0 spiro atoms. The molecule has 54 heavy (non-hydrogen) atoms. The summed E-state index contributed by atoms with van der Waals surface area (Å²) in [5, 5.41) is 26.2. The molecule has 1 aromatic carbocycles. The van der Waals surface area contributed by atoms with Crippen molar-refractivity contribution in [3.8, 4) is 11.5 Å². The molecule has 17 nitrogen and oxygen atoms in total. The Morgan fingerprint density at radius 1 is 1.11 bits per heavy atom. The minimum absolute atomic E-state index is 0.0598. The summed E-state index contributed by atoms with van der Waals surface area (Å²) in [7, 11) is 3.71. The van der Waals surface area contributed by atoms with Gasteiger partial charge in [-0.3, -0.25) is 24.0 Å². The van der Waals surface area contributed by atoms with Crippen LogP contribution in [0.1, 0.15) is 68.9 Å². The molecule has 7 atom stereocenters. The zero-order valence-corrected chi connectivity index (χ0v) is 31.0. The Balaban J connectivity index is 1.29. The highest BCUT2D eigenvalue weighted by atomic mass is 16.6. The van der Waals surface area contributed by atoms with Crippen LogP contribution in [0, 0.1) is 11.8 Å². The lowest BCUT2D eigenvalue weighted by Gasteiger charge is -2.44. The molecular formula is C37H52N6O11. The molecule has 0 aromatic heterocycles. The molecule has 4 aliphatic rings. The molecule has 17 heteroatoms. The number of nitrogens with zero attached hydrogens (tertiary/aromatic N) is 2. The number of benzene rings is 1. The number of allylic oxidation sites excluding steroid dienone is 1. The van der Waals surface area contributed by atoms with E-state index in [1.165, 1.54) is 10.5 Å². The number of nitrogens with one attached hydrogen (secondary N) is 3. The van der Waals surface area contributed by atoms with E-state index in [0.29, 0.717) is 43.1 Å². The van der Waals surface area contributed by atoms with Gasteiger partial charge >= 0.3 is 18.0 Å². The van der Waals surface area contributed by atoms with Gasteiger partial charge in [0.25, 0.3) is 0 Å². The van der Waals surface area contributed by atoms with Crippen molar-refractivity contribution in [2.75, 3.05) is 46.9 Å². The van der Waals surface area contributed by atoms with Crippen LogP contribution < -0.4 is 31.2 Å². The zero-order chi connectivity index (χ0) is 39.1. The van der Waals surface area contributed by atoms with Crippen molar-refractivity contribution in [2.24, 2.45) is 17.6 Å². The van der Waals surface area contributed by atoms with E-state index in [9.17, 15) is 33.9 Å². The number of likely N-dealkylation sites (tertiary alicyclic amines) is 1. The Kier molecular flexibility index (Phi) is 13.4. The van der Waals surface area contributed by atoms with Gasteiger partial charge in [0.2, 0.25) is 17.7 Å². The largest absolute Gasteiger partial charge is 0.493 e. The van der Waals surface area contributed by atoms with E-state index < -0.39 is 72.8 Å². The lowest BCUT2D eigenvalue weighted by atomic mass is 9.66. The molecule has 5 rings (SSSR count). The van der Waals surface area contributed by atoms with E-state index in [4.69, 9.17) is 25.1 Å². The summed E-state index contributed by atoms with van der Waals surface area (Å²) in [6.45, 7) is 2.80. The molecule has 2 aliphatic carbocycles. The van der Waals surface area contributed by atoms with Crippen molar-refractivity contribution >= 4 is 35.8 Å². The first kappa shape index (κ1) is 40.3. The van der Waals surface area contributed by atoms with E-state index in [0.717, 1.165) is 18.5 Å². The fraction of sp³-hybridized carbons (Fsp3) is 0.622. The highest BCUT2D eigenvalue weighted by molar-refractivity contribution is 5.95. The number of hydrogen-bond donors (Lipinski definition) is 6. The first-order valence-corrected chi connectivity index (χ1v) is 18.6. The van der Waals surface area contributed by atoms with Gasteiger partial charge in [0, 0.05) is 30.6 Å². The molecule has 0 saturated carbocycles. The Morgan fingerprint density at radius 3 is 2.57 bits per heavy atom. The van der Waals surface area contributed by atoms with Crippen LogP contribution in [0.4, 0.5) is 4.79 Å². The predicted molar refractivity (Wildman–Crippen MR) is 193 cm³/mol. The Bertz CT molecular complexity index is 1630. The van der Waals surface area contributed by atoms with Crippen molar-refractivity contribution < 1.29 is 53.2 Å². The molecule has 1 saturated heterocycles. The minimum Gasteiger partial charge on any atom is -0.493 e. The van der Waals surface area contributed by atoms with E-state index in [2.05, 4.69) is 40.9 Å². The number of carbonyl (C=O) groups is 6. The number of hydrogen-bond acceptors (Lipinski definition) is 11. The number of piperidine rings is 1. The highest BCUT2D eigenvalue weighted by Crippen LogP contribution is 2.57. The van der Waals surface area contributed by atoms with Crippen molar-refractivity contribution in [1.29, 1.82) is 0 Å². The maximum Gasteiger partial charge on any atom is 0.415 e. The first-order valence-electron chi connectivity index (χ1n) is 18.6. The second kappa shape index (κ2) is 18.0. The number of aliphatic carboxylic acids is 2. The fourth-order valence-corrected chi connectivity index (χ4v) is 8.17. The number of unbranched alkanes of at least 4 members (excludes halogenated alkanes) is 1. The van der Waals surface area contributed by atoms with Gasteiger partial charge in [0.1, 0.15) is 18.2 Å². The molecule has 0 bridgehead atoms. The molecule has 0 radical (unpaired) electrons. The monoisotopic (exact) mass is 756 g/mol. The summed E-state index contributed by atoms with van der Waals surface area (Å²) in [6, 6.07) is 2.47. The van der Waals surface area contributed by atoms with Crippen LogP contribution in [0.25, 0.3) is 0 Å². The van der Waals surface area contributed by atoms with Crippen LogP contribution in [0.2, 0.25) is 0 Å². The van der Waals surface area contributed by atoms with Gasteiger partial charge in [-0.15, -0.1) is 0 Å². The van der Waals surface area contributed by atoms with Crippen LogP contribution in [0.3, 0.4) is 0 Å². The Labute approximate surface area is 313 Å². The smallest absolute Gasteiger partial charge is 0.415 e. The van der Waals surface area contributed by atoms with Gasteiger partial charge in [-0.2, -0.15) is 0 Å². The maximum atomic E-state index is 14.0. The average Bonchev–Trinajstić information content (AvgIpc) is 3.56. The van der Waals surface area contributed by atoms with E-state index in [1.807, 2.05) is 12.1 Å². The van der Waals surface area contributed by atoms with Gasteiger partial charge in [0.05, 0.1) is 25.6 Å². The van der Waals surface area contributed by atoms with Crippen LogP contribution in [0.15, 0.2) is 24.0 Å². The lowest BCUT2D eigenvalue weighted by Crippen LogP contribution is -2.55. The first-order chi connectivity index (χ1) is 25.9. The standard InChI is InChI=1S/C37H52N6O11/c1-4-42(2)25-16-20-8-10-26(52-3)33-31(20)32-23(25)9-11-27(34(32)54-33)53-37(51)43-14-12-21(36(49)50)15-22(43)18-40-35(48)24(7-5-6-13-38)41-29(45)19-39-28(44)17-30(46)47/h8,10-11,21-25,32,34H,4-7,9,12-19,38H2,1-3H3,(H,39,44)(H,40,48)(H,41,45)(H,46,47)(H,49,50)/t21?,22?,23-,24-,25+,32?,34-/m0/s1. The summed E-state index contributed by atoms with van der Waals surface area (Å²) in [5.74, 6) is -3.44. The molecule has 7 N–H and O–H groups in total. The third kappa shape index (κ3) is 9.06. The number of likely N-dealkylation sites (N-methyl/N-ethyl adjacent to an activating group) is 1. The van der Waals surface area contributed by atoms with Crippen LogP contribution in [0.5, 0.6) is 11.5 Å². The second-order valence-electron chi connectivity index (χ2n) is 14.4. The number of carboxylic acid groups (broad SMARTS) is 2. The molecule has 1 aromatic rings. The summed E-state index contributed by atoms with van der Waals surface area (Å²) < 4.78 is 18.3. The fourth-order valence-electron chi connectivity index (χ4n) is 8.17. The quantitative estimate of drug-likeness (QED) is 0.0960. The van der Waals surface area contributed by atoms with Gasteiger partial charge in [-0.05, 0) is 88.7 Å². The molecule has 4 amide bonds. The summed E-state index contributed by atoms with van der Waals surface area (Å²) in [5.41, 5.74) is 7.89. The normalized spacial score (nSPS) is 24.3. The Morgan fingerprint density at radius 2 is 1.89 bits per heavy atom. The molecule has 296 valence electrons. The minimum atomic E-state index is -1.35. The maximum absolute atomic E-state index is 14.0. The Hall–Kier alpha value is -4.90. The van der Waals surface area contributed by atoms with Crippen molar-refractivity contribution in [1.82, 2.24) is 25.8 Å². The van der Waals surface area contributed by atoms with Crippen molar-refractivity contribution in [3.05, 3.63) is 35.1 Å². The van der Waals surface area contributed by atoms with Crippen molar-refractivity contribution in [3.63, 3.8) is 0 Å². The highest BCUT2D eigenvalue weighted by Gasteiger charge is 2.53. The summed E-state index contributed by atoms with van der Waals surface area (Å²) >= 11 is 0. The molecule has 1 fully saturated rings. The van der Waals surface area contributed by atoms with E-state index in [-0.39, 0.29) is 50.2 Å². The van der Waals surface area contributed by atoms with Gasteiger partial charge in [-0.1, -0.05) is 13.0 Å². The average molecular weight is 757 g/mol. The van der Waals surface area contributed by atoms with Crippen LogP contribution in [-0.2, 0) is 35.1 Å². The van der Waals surface area contributed by atoms with Crippen molar-refractivity contribution in [2.45, 2.75) is 88.4 Å².